The maximum Gasteiger partial charge on any atom is 0.195 e. The summed E-state index contributed by atoms with van der Waals surface area (Å²) in [4.78, 5) is 26.8. The van der Waals surface area contributed by atoms with Crippen molar-refractivity contribution in [1.82, 2.24) is 19.5 Å². The highest BCUT2D eigenvalue weighted by molar-refractivity contribution is 7.17. The third-order valence-electron chi connectivity index (χ3n) is 6.10. The number of oxazole rings is 1. The maximum atomic E-state index is 14.1. The Morgan fingerprint density at radius 2 is 2.00 bits per heavy atom. The van der Waals surface area contributed by atoms with Crippen molar-refractivity contribution in [3.05, 3.63) is 95.0 Å². The second-order valence-electron chi connectivity index (χ2n) is 8.32. The Balaban J connectivity index is 1.35. The van der Waals surface area contributed by atoms with E-state index in [0.717, 1.165) is 53.2 Å². The van der Waals surface area contributed by atoms with Gasteiger partial charge in [-0.15, -0.1) is 11.3 Å². The molecular weight excluding hydrogens is 470 g/mol. The van der Waals surface area contributed by atoms with Crippen LogP contribution in [0.2, 0.25) is 0 Å². The van der Waals surface area contributed by atoms with E-state index in [2.05, 4.69) is 27.1 Å². The first-order chi connectivity index (χ1) is 17.1. The van der Waals surface area contributed by atoms with Gasteiger partial charge in [0.1, 0.15) is 23.7 Å². The third-order valence-corrected chi connectivity index (χ3v) is 7.27. The van der Waals surface area contributed by atoms with Gasteiger partial charge in [-0.2, -0.15) is 0 Å². The number of ketones is 1. The van der Waals surface area contributed by atoms with Crippen molar-refractivity contribution in [2.75, 3.05) is 0 Å². The number of hydrogen-bond donors (Lipinski definition) is 0. The minimum absolute atomic E-state index is 0.228. The molecule has 0 radical (unpaired) electrons. The molecule has 0 amide bonds. The summed E-state index contributed by atoms with van der Waals surface area (Å²) in [5.74, 6) is -1.26. The van der Waals surface area contributed by atoms with Crippen LogP contribution in [0.25, 0.3) is 27.6 Å². The molecule has 3 heterocycles. The highest BCUT2D eigenvalue weighted by Crippen LogP contribution is 2.38. The molecule has 0 spiro atoms. The van der Waals surface area contributed by atoms with Gasteiger partial charge in [0.05, 0.1) is 16.8 Å². The van der Waals surface area contributed by atoms with Crippen LogP contribution >= 0.6 is 11.3 Å². The molecule has 0 unspecified atom stereocenters. The van der Waals surface area contributed by atoms with Gasteiger partial charge in [0.15, 0.2) is 22.9 Å². The molecule has 3 aromatic heterocycles. The Hall–Kier alpha value is -3.98. The van der Waals surface area contributed by atoms with E-state index in [0.29, 0.717) is 11.5 Å². The molecular formula is C26H18F2N4O2S. The van der Waals surface area contributed by atoms with E-state index in [1.807, 2.05) is 16.8 Å². The molecule has 0 saturated heterocycles. The number of thiazole rings is 1. The number of carbonyl (C=O) groups is 1. The Kier molecular flexibility index (Phi) is 5.33. The van der Waals surface area contributed by atoms with E-state index >= 15 is 0 Å². The molecule has 35 heavy (non-hydrogen) atoms. The second kappa shape index (κ2) is 8.66. The van der Waals surface area contributed by atoms with Gasteiger partial charge in [-0.05, 0) is 54.7 Å². The van der Waals surface area contributed by atoms with Crippen LogP contribution in [0.3, 0.4) is 0 Å². The number of aryl methyl sites for hydroxylation is 2. The highest BCUT2D eigenvalue weighted by atomic mass is 32.1. The summed E-state index contributed by atoms with van der Waals surface area (Å²) in [6.45, 7) is 0. The molecule has 0 N–H and O–H groups in total. The number of carbonyl (C=O) groups excluding carboxylic acids is 1. The van der Waals surface area contributed by atoms with Crippen LogP contribution in [0.1, 0.15) is 33.0 Å². The van der Waals surface area contributed by atoms with Crippen molar-refractivity contribution in [3.8, 4) is 27.6 Å². The van der Waals surface area contributed by atoms with Crippen LogP contribution in [0.4, 0.5) is 8.78 Å². The Bertz CT molecular complexity index is 1540. The third kappa shape index (κ3) is 3.97. The van der Waals surface area contributed by atoms with E-state index in [1.54, 1.807) is 12.5 Å². The molecule has 6 rings (SSSR count). The van der Waals surface area contributed by atoms with E-state index in [1.165, 1.54) is 29.4 Å². The fourth-order valence-corrected chi connectivity index (χ4v) is 5.42. The number of aromatic nitrogens is 4. The lowest BCUT2D eigenvalue weighted by atomic mass is 10.0. The van der Waals surface area contributed by atoms with Gasteiger partial charge in [-0.3, -0.25) is 4.79 Å². The van der Waals surface area contributed by atoms with Gasteiger partial charge in [0.2, 0.25) is 0 Å². The van der Waals surface area contributed by atoms with Crippen LogP contribution in [-0.4, -0.2) is 25.3 Å². The lowest BCUT2D eigenvalue weighted by Crippen LogP contribution is -2.07. The van der Waals surface area contributed by atoms with Gasteiger partial charge < -0.3 is 8.98 Å². The summed E-state index contributed by atoms with van der Waals surface area (Å²) in [7, 11) is 0. The molecule has 2 aromatic carbocycles. The van der Waals surface area contributed by atoms with Crippen molar-refractivity contribution < 1.29 is 18.0 Å². The molecule has 1 aliphatic carbocycles. The van der Waals surface area contributed by atoms with Gasteiger partial charge in [0.25, 0.3) is 0 Å². The molecule has 0 saturated carbocycles. The van der Waals surface area contributed by atoms with Crippen molar-refractivity contribution in [2.45, 2.75) is 25.7 Å². The van der Waals surface area contributed by atoms with Gasteiger partial charge in [-0.25, -0.2) is 23.7 Å². The smallest absolute Gasteiger partial charge is 0.195 e. The highest BCUT2D eigenvalue weighted by Gasteiger charge is 2.24. The minimum atomic E-state index is -0.725. The number of fused-ring (bicyclic) bond motifs is 3. The number of halogens is 2. The zero-order valence-corrected chi connectivity index (χ0v) is 19.2. The molecule has 9 heteroatoms. The molecule has 174 valence electrons. The van der Waals surface area contributed by atoms with Gasteiger partial charge >= 0.3 is 0 Å². The quantitative estimate of drug-likeness (QED) is 0.291. The SMILES string of the molecule is O=C(Cc1c(F)cccc1F)c1nc2c(s1)-c1cc(-n3cnc(-c4cnco4)c3)ccc1CCC2. The van der Waals surface area contributed by atoms with Crippen LogP contribution in [0, 0.1) is 11.6 Å². The average molecular weight is 489 g/mol. The summed E-state index contributed by atoms with van der Waals surface area (Å²) in [6, 6.07) is 9.78. The molecule has 1 aliphatic rings. The molecule has 0 aliphatic heterocycles. The fraction of sp³-hybridized carbons (Fsp3) is 0.154. The zero-order chi connectivity index (χ0) is 23.9. The lowest BCUT2D eigenvalue weighted by Gasteiger charge is -2.09. The number of nitrogens with zero attached hydrogens (tertiary/aromatic N) is 4. The van der Waals surface area contributed by atoms with Gasteiger partial charge in [-0.1, -0.05) is 12.1 Å². The maximum absolute atomic E-state index is 14.1. The largest absolute Gasteiger partial charge is 0.442 e. The summed E-state index contributed by atoms with van der Waals surface area (Å²) >= 11 is 1.28. The number of hydrogen-bond acceptors (Lipinski definition) is 6. The molecule has 6 nitrogen and oxygen atoms in total. The first-order valence-electron chi connectivity index (χ1n) is 11.1. The number of benzene rings is 2. The van der Waals surface area contributed by atoms with Crippen molar-refractivity contribution >= 4 is 17.1 Å². The van der Waals surface area contributed by atoms with Crippen LogP contribution in [0.5, 0.6) is 0 Å². The second-order valence-corrected chi connectivity index (χ2v) is 9.32. The zero-order valence-electron chi connectivity index (χ0n) is 18.4. The summed E-state index contributed by atoms with van der Waals surface area (Å²) in [6.07, 6.45) is 8.72. The minimum Gasteiger partial charge on any atom is -0.442 e. The molecule has 0 atom stereocenters. The van der Waals surface area contributed by atoms with E-state index in [-0.39, 0.29) is 17.0 Å². The number of rotatable bonds is 5. The van der Waals surface area contributed by atoms with Crippen LogP contribution in [0.15, 0.2) is 65.9 Å². The van der Waals surface area contributed by atoms with Crippen molar-refractivity contribution in [3.63, 3.8) is 0 Å². The Morgan fingerprint density at radius 3 is 2.80 bits per heavy atom. The number of Topliss-reactive ketones (excluding diaryl/α,β-unsaturated/α-hetero) is 1. The molecule has 0 bridgehead atoms. The van der Waals surface area contributed by atoms with E-state index < -0.39 is 17.4 Å². The predicted octanol–water partition coefficient (Wildman–Crippen LogP) is 5.84. The fourth-order valence-electron chi connectivity index (χ4n) is 4.32. The lowest BCUT2D eigenvalue weighted by molar-refractivity contribution is 0.0990. The van der Waals surface area contributed by atoms with Crippen LogP contribution < -0.4 is 0 Å². The summed E-state index contributed by atoms with van der Waals surface area (Å²) < 4.78 is 35.4. The predicted molar refractivity (Wildman–Crippen MR) is 127 cm³/mol. The van der Waals surface area contributed by atoms with E-state index in [4.69, 9.17) is 4.42 Å². The average Bonchev–Trinajstić information content (AvgIpc) is 3.61. The van der Waals surface area contributed by atoms with Gasteiger partial charge in [0, 0.05) is 23.9 Å². The first kappa shape index (κ1) is 21.5. The normalized spacial score (nSPS) is 12.7. The molecule has 5 aromatic rings. The molecule has 0 fully saturated rings. The summed E-state index contributed by atoms with van der Waals surface area (Å²) in [5, 5.41) is 0.270. The monoisotopic (exact) mass is 488 g/mol. The van der Waals surface area contributed by atoms with Crippen LogP contribution in [-0.2, 0) is 19.3 Å². The van der Waals surface area contributed by atoms with Crippen molar-refractivity contribution in [1.29, 1.82) is 0 Å². The first-order valence-corrected chi connectivity index (χ1v) is 11.9. The van der Waals surface area contributed by atoms with Crippen molar-refractivity contribution in [2.24, 2.45) is 0 Å². The standard InChI is InChI=1S/C26H18F2N4O2S/c27-19-4-2-5-20(28)18(19)10-23(33)26-31-21-6-1-3-15-7-8-16(9-17(15)25(21)35-26)32-12-22(30-13-32)24-11-29-14-34-24/h2,4-5,7-9,11-14H,1,3,6,10H2. The number of imidazole rings is 1. The Morgan fingerprint density at radius 1 is 1.14 bits per heavy atom. The topological polar surface area (TPSA) is 73.8 Å². The Labute approximate surface area is 202 Å². The summed E-state index contributed by atoms with van der Waals surface area (Å²) in [5.41, 5.74) is 4.38. The van der Waals surface area contributed by atoms with E-state index in [9.17, 15) is 13.6 Å².